The number of rotatable bonds is 4. The maximum absolute atomic E-state index is 12.3. The molecule has 0 aliphatic carbocycles. The van der Waals surface area contributed by atoms with Crippen LogP contribution in [0.1, 0.15) is 15.9 Å². The van der Waals surface area contributed by atoms with E-state index in [4.69, 9.17) is 5.26 Å². The van der Waals surface area contributed by atoms with Crippen molar-refractivity contribution in [1.82, 2.24) is 15.0 Å². The normalized spacial score (nSPS) is 13.6. The average molecular weight is 385 g/mol. The number of aromatic nitrogens is 3. The zero-order valence-electron chi connectivity index (χ0n) is 15.7. The minimum atomic E-state index is -0.269. The predicted octanol–water partition coefficient (Wildman–Crippen LogP) is 2.32. The molecule has 0 saturated carbocycles. The number of amides is 1. The van der Waals surface area contributed by atoms with Gasteiger partial charge >= 0.3 is 0 Å². The number of hydrogen-bond acceptors (Lipinski definition) is 7. The molecule has 0 spiro atoms. The largest absolute Gasteiger partial charge is 0.353 e. The Bertz CT molecular complexity index is 1010. The Hall–Kier alpha value is -3.99. The first-order valence-electron chi connectivity index (χ1n) is 9.27. The number of hydrogen-bond donors (Lipinski definition) is 1. The van der Waals surface area contributed by atoms with E-state index in [0.29, 0.717) is 22.8 Å². The van der Waals surface area contributed by atoms with E-state index in [1.165, 1.54) is 0 Å². The standard InChI is InChI=1S/C21H19N7O/c22-13-16-4-6-17(7-5-16)20(29)26-18-14-24-21(25-15-18)28-11-9-27(10-12-28)19-3-1-2-8-23-19/h1-8,14-15H,9-12H2,(H,26,29). The van der Waals surface area contributed by atoms with Crippen molar-refractivity contribution < 1.29 is 4.79 Å². The molecule has 0 bridgehead atoms. The van der Waals surface area contributed by atoms with Gasteiger partial charge in [-0.3, -0.25) is 4.79 Å². The summed E-state index contributed by atoms with van der Waals surface area (Å²) >= 11 is 0. The number of benzene rings is 1. The summed E-state index contributed by atoms with van der Waals surface area (Å²) < 4.78 is 0. The van der Waals surface area contributed by atoms with Gasteiger partial charge in [-0.1, -0.05) is 6.07 Å². The maximum atomic E-state index is 12.3. The topological polar surface area (TPSA) is 98.0 Å². The van der Waals surface area contributed by atoms with Gasteiger partial charge in [-0.15, -0.1) is 0 Å². The van der Waals surface area contributed by atoms with Crippen LogP contribution in [0.4, 0.5) is 17.5 Å². The van der Waals surface area contributed by atoms with Crippen LogP contribution in [0.2, 0.25) is 0 Å². The molecule has 1 aliphatic rings. The SMILES string of the molecule is N#Cc1ccc(C(=O)Nc2cnc(N3CCN(c4ccccn4)CC3)nc2)cc1. The molecule has 3 aromatic rings. The molecule has 2 aromatic heterocycles. The highest BCUT2D eigenvalue weighted by atomic mass is 16.1. The van der Waals surface area contributed by atoms with Gasteiger partial charge in [-0.05, 0) is 36.4 Å². The minimum absolute atomic E-state index is 0.269. The molecule has 144 valence electrons. The number of pyridine rings is 1. The summed E-state index contributed by atoms with van der Waals surface area (Å²) in [4.78, 5) is 29.8. The molecular formula is C21H19N7O. The summed E-state index contributed by atoms with van der Waals surface area (Å²) in [5, 5.41) is 11.6. The third kappa shape index (κ3) is 4.30. The Kier molecular flexibility index (Phi) is 5.29. The molecule has 1 fully saturated rings. The lowest BCUT2D eigenvalue weighted by atomic mass is 10.1. The summed E-state index contributed by atoms with van der Waals surface area (Å²) in [7, 11) is 0. The van der Waals surface area contributed by atoms with E-state index in [1.54, 1.807) is 42.9 Å². The average Bonchev–Trinajstić information content (AvgIpc) is 2.80. The molecule has 1 aromatic carbocycles. The van der Waals surface area contributed by atoms with Crippen molar-refractivity contribution in [3.63, 3.8) is 0 Å². The van der Waals surface area contributed by atoms with E-state index in [9.17, 15) is 4.79 Å². The number of nitriles is 1. The zero-order valence-corrected chi connectivity index (χ0v) is 15.7. The van der Waals surface area contributed by atoms with Crippen LogP contribution in [0.5, 0.6) is 0 Å². The number of piperazine rings is 1. The fraction of sp³-hybridized carbons (Fsp3) is 0.190. The quantitative estimate of drug-likeness (QED) is 0.736. The van der Waals surface area contributed by atoms with Crippen LogP contribution < -0.4 is 15.1 Å². The van der Waals surface area contributed by atoms with Crippen molar-refractivity contribution in [2.45, 2.75) is 0 Å². The fourth-order valence-corrected chi connectivity index (χ4v) is 3.12. The molecule has 1 aliphatic heterocycles. The molecule has 1 amide bonds. The molecule has 4 rings (SSSR count). The van der Waals surface area contributed by atoms with Gasteiger partial charge in [0.05, 0.1) is 29.7 Å². The van der Waals surface area contributed by atoms with E-state index in [0.717, 1.165) is 32.0 Å². The molecule has 8 nitrogen and oxygen atoms in total. The van der Waals surface area contributed by atoms with Crippen LogP contribution in [-0.4, -0.2) is 47.0 Å². The Labute approximate surface area is 168 Å². The van der Waals surface area contributed by atoms with Gasteiger partial charge in [-0.2, -0.15) is 5.26 Å². The summed E-state index contributed by atoms with van der Waals surface area (Å²) in [5.74, 6) is 1.35. The first kappa shape index (κ1) is 18.4. The number of nitrogens with zero attached hydrogens (tertiary/aromatic N) is 6. The van der Waals surface area contributed by atoms with Crippen LogP contribution in [0.3, 0.4) is 0 Å². The molecule has 1 N–H and O–H groups in total. The van der Waals surface area contributed by atoms with Crippen LogP contribution in [0.25, 0.3) is 0 Å². The zero-order chi connectivity index (χ0) is 20.1. The van der Waals surface area contributed by atoms with E-state index >= 15 is 0 Å². The number of carbonyl (C=O) groups is 1. The van der Waals surface area contributed by atoms with E-state index in [2.05, 4.69) is 30.1 Å². The van der Waals surface area contributed by atoms with Gasteiger partial charge in [-0.25, -0.2) is 15.0 Å². The van der Waals surface area contributed by atoms with Gasteiger partial charge < -0.3 is 15.1 Å². The van der Waals surface area contributed by atoms with E-state index < -0.39 is 0 Å². The predicted molar refractivity (Wildman–Crippen MR) is 110 cm³/mol. The molecular weight excluding hydrogens is 366 g/mol. The minimum Gasteiger partial charge on any atom is -0.353 e. The lowest BCUT2D eigenvalue weighted by Gasteiger charge is -2.35. The third-order valence-corrected chi connectivity index (χ3v) is 4.71. The van der Waals surface area contributed by atoms with Crippen LogP contribution in [-0.2, 0) is 0 Å². The van der Waals surface area contributed by atoms with Gasteiger partial charge in [0.15, 0.2) is 0 Å². The lowest BCUT2D eigenvalue weighted by Crippen LogP contribution is -2.47. The summed E-state index contributed by atoms with van der Waals surface area (Å²) in [6, 6.07) is 14.4. The van der Waals surface area contributed by atoms with Gasteiger partial charge in [0, 0.05) is 37.9 Å². The van der Waals surface area contributed by atoms with Gasteiger partial charge in [0.2, 0.25) is 5.95 Å². The fourth-order valence-electron chi connectivity index (χ4n) is 3.12. The van der Waals surface area contributed by atoms with Crippen LogP contribution in [0.15, 0.2) is 61.1 Å². The Balaban J connectivity index is 1.34. The summed E-state index contributed by atoms with van der Waals surface area (Å²) in [6.45, 7) is 3.29. The van der Waals surface area contributed by atoms with Crippen molar-refractivity contribution >= 4 is 23.4 Å². The molecule has 0 atom stereocenters. The van der Waals surface area contributed by atoms with E-state index in [-0.39, 0.29) is 5.91 Å². The first-order valence-corrected chi connectivity index (χ1v) is 9.27. The Morgan fingerprint density at radius 3 is 2.24 bits per heavy atom. The third-order valence-electron chi connectivity index (χ3n) is 4.71. The second-order valence-electron chi connectivity index (χ2n) is 6.58. The Morgan fingerprint density at radius 1 is 0.931 bits per heavy atom. The summed E-state index contributed by atoms with van der Waals surface area (Å²) in [6.07, 6.45) is 5.01. The Morgan fingerprint density at radius 2 is 1.62 bits per heavy atom. The molecule has 0 unspecified atom stereocenters. The van der Waals surface area contributed by atoms with Crippen molar-refractivity contribution in [2.75, 3.05) is 41.3 Å². The number of nitrogens with one attached hydrogen (secondary N) is 1. The molecule has 29 heavy (non-hydrogen) atoms. The lowest BCUT2D eigenvalue weighted by molar-refractivity contribution is 0.102. The highest BCUT2D eigenvalue weighted by Crippen LogP contribution is 2.17. The van der Waals surface area contributed by atoms with Gasteiger partial charge in [0.1, 0.15) is 5.82 Å². The second-order valence-corrected chi connectivity index (χ2v) is 6.58. The van der Waals surface area contributed by atoms with Crippen LogP contribution in [0, 0.1) is 11.3 Å². The number of anilines is 3. The molecule has 0 radical (unpaired) electrons. The smallest absolute Gasteiger partial charge is 0.255 e. The monoisotopic (exact) mass is 385 g/mol. The number of carbonyl (C=O) groups excluding carboxylic acids is 1. The highest BCUT2D eigenvalue weighted by molar-refractivity contribution is 6.04. The van der Waals surface area contributed by atoms with Crippen molar-refractivity contribution in [2.24, 2.45) is 0 Å². The van der Waals surface area contributed by atoms with Gasteiger partial charge in [0.25, 0.3) is 5.91 Å². The molecule has 3 heterocycles. The van der Waals surface area contributed by atoms with Crippen molar-refractivity contribution in [3.05, 3.63) is 72.2 Å². The molecule has 8 heteroatoms. The second kappa shape index (κ2) is 8.35. The van der Waals surface area contributed by atoms with Crippen molar-refractivity contribution in [1.29, 1.82) is 5.26 Å². The summed E-state index contributed by atoms with van der Waals surface area (Å²) in [5.41, 5.74) is 1.51. The molecule has 1 saturated heterocycles. The maximum Gasteiger partial charge on any atom is 0.255 e. The van der Waals surface area contributed by atoms with E-state index in [1.807, 2.05) is 24.3 Å². The van der Waals surface area contributed by atoms with Crippen LogP contribution >= 0.6 is 0 Å². The highest BCUT2D eigenvalue weighted by Gasteiger charge is 2.19. The first-order chi connectivity index (χ1) is 14.2. The van der Waals surface area contributed by atoms with Crippen molar-refractivity contribution in [3.8, 4) is 6.07 Å².